The third-order valence-electron chi connectivity index (χ3n) is 6.29. The van der Waals surface area contributed by atoms with Crippen molar-refractivity contribution >= 4 is 23.4 Å². The van der Waals surface area contributed by atoms with Crippen molar-refractivity contribution in [3.63, 3.8) is 0 Å². The van der Waals surface area contributed by atoms with Crippen molar-refractivity contribution in [1.29, 1.82) is 0 Å². The van der Waals surface area contributed by atoms with Crippen LogP contribution in [0.5, 0.6) is 0 Å². The largest absolute Gasteiger partial charge is 0.356 e. The van der Waals surface area contributed by atoms with Crippen LogP contribution in [-0.2, 0) is 9.59 Å². The first-order valence-electron chi connectivity index (χ1n) is 11.4. The Balaban J connectivity index is 1.52. The second-order valence-corrected chi connectivity index (χ2v) is 9.06. The van der Waals surface area contributed by atoms with Gasteiger partial charge in [0.1, 0.15) is 0 Å². The zero-order valence-electron chi connectivity index (χ0n) is 18.3. The van der Waals surface area contributed by atoms with Crippen LogP contribution >= 0.6 is 0 Å². The maximum atomic E-state index is 12.9. The van der Waals surface area contributed by atoms with E-state index in [4.69, 9.17) is 0 Å². The quantitative estimate of drug-likeness (QED) is 0.744. The molecule has 1 aliphatic heterocycles. The number of likely N-dealkylation sites (tertiary alicyclic amines) is 1. The number of piperidine rings is 1. The molecule has 1 aromatic carbocycles. The number of hydrogen-bond donors (Lipinski definition) is 2. The highest BCUT2D eigenvalue weighted by molar-refractivity contribution is 5.96. The molecule has 1 heterocycles. The highest BCUT2D eigenvalue weighted by Crippen LogP contribution is 2.24. The van der Waals surface area contributed by atoms with Crippen LogP contribution in [0, 0.1) is 17.8 Å². The van der Waals surface area contributed by atoms with E-state index in [0.29, 0.717) is 30.3 Å². The Hall–Kier alpha value is -2.37. The lowest BCUT2D eigenvalue weighted by Crippen LogP contribution is -2.46. The van der Waals surface area contributed by atoms with Crippen LogP contribution in [0.1, 0.15) is 69.2 Å². The minimum atomic E-state index is -0.129. The minimum absolute atomic E-state index is 0.0489. The van der Waals surface area contributed by atoms with Crippen LogP contribution in [0.15, 0.2) is 24.3 Å². The van der Waals surface area contributed by atoms with Crippen LogP contribution < -0.4 is 10.6 Å². The highest BCUT2D eigenvalue weighted by atomic mass is 16.2. The predicted octanol–water partition coefficient (Wildman–Crippen LogP) is 3.83. The van der Waals surface area contributed by atoms with E-state index in [0.717, 1.165) is 19.4 Å². The van der Waals surface area contributed by atoms with Gasteiger partial charge in [-0.05, 0) is 55.9 Å². The van der Waals surface area contributed by atoms with Gasteiger partial charge >= 0.3 is 0 Å². The first-order valence-corrected chi connectivity index (χ1v) is 11.4. The molecule has 0 unspecified atom stereocenters. The molecule has 0 spiro atoms. The molecular formula is C24H35N3O3. The molecule has 2 fully saturated rings. The molecule has 1 saturated carbocycles. The number of rotatable bonds is 6. The van der Waals surface area contributed by atoms with Crippen LogP contribution in [0.25, 0.3) is 0 Å². The van der Waals surface area contributed by atoms with Gasteiger partial charge in [-0.3, -0.25) is 14.4 Å². The van der Waals surface area contributed by atoms with Gasteiger partial charge in [-0.2, -0.15) is 0 Å². The van der Waals surface area contributed by atoms with E-state index in [-0.39, 0.29) is 29.6 Å². The molecule has 1 aliphatic carbocycles. The second-order valence-electron chi connectivity index (χ2n) is 9.06. The highest BCUT2D eigenvalue weighted by Gasteiger charge is 2.29. The topological polar surface area (TPSA) is 78.5 Å². The smallest absolute Gasteiger partial charge is 0.253 e. The Morgan fingerprint density at radius 3 is 2.37 bits per heavy atom. The number of hydrogen-bond acceptors (Lipinski definition) is 3. The molecule has 164 valence electrons. The molecular weight excluding hydrogens is 378 g/mol. The standard InChI is InChI=1S/C24H35N3O3/c1-17(2)22(28)26-21-12-10-19(11-13-21)24(30)27-14-6-9-20(16-27)23(29)25-15-18-7-4-3-5-8-18/h10-13,17-18,20H,3-9,14-16H2,1-2H3,(H,25,29)(H,26,28)/t20-/m0/s1. The normalized spacial score (nSPS) is 20.1. The molecule has 1 atom stereocenters. The number of benzene rings is 1. The average Bonchev–Trinajstić information content (AvgIpc) is 2.78. The molecule has 30 heavy (non-hydrogen) atoms. The van der Waals surface area contributed by atoms with Gasteiger partial charge in [-0.25, -0.2) is 0 Å². The Bertz CT molecular complexity index is 739. The fourth-order valence-electron chi connectivity index (χ4n) is 4.32. The number of anilines is 1. The fourth-order valence-corrected chi connectivity index (χ4v) is 4.32. The second kappa shape index (κ2) is 10.6. The van der Waals surface area contributed by atoms with E-state index in [2.05, 4.69) is 10.6 Å². The zero-order chi connectivity index (χ0) is 21.5. The van der Waals surface area contributed by atoms with Gasteiger partial charge in [0, 0.05) is 36.8 Å². The lowest BCUT2D eigenvalue weighted by molar-refractivity contribution is -0.126. The summed E-state index contributed by atoms with van der Waals surface area (Å²) in [5.41, 5.74) is 1.27. The van der Waals surface area contributed by atoms with Crippen LogP contribution in [-0.4, -0.2) is 42.3 Å². The van der Waals surface area contributed by atoms with Crippen molar-refractivity contribution in [2.45, 2.75) is 58.8 Å². The first-order chi connectivity index (χ1) is 14.4. The number of carbonyl (C=O) groups is 3. The van der Waals surface area contributed by atoms with E-state index in [9.17, 15) is 14.4 Å². The molecule has 2 aliphatic rings. The van der Waals surface area contributed by atoms with Crippen molar-refractivity contribution in [2.24, 2.45) is 17.8 Å². The maximum Gasteiger partial charge on any atom is 0.253 e. The summed E-state index contributed by atoms with van der Waals surface area (Å²) in [6.07, 6.45) is 7.95. The molecule has 3 amide bonds. The summed E-state index contributed by atoms with van der Waals surface area (Å²) >= 11 is 0. The Morgan fingerprint density at radius 1 is 1.00 bits per heavy atom. The predicted molar refractivity (Wildman–Crippen MR) is 118 cm³/mol. The van der Waals surface area contributed by atoms with Gasteiger partial charge in [0.05, 0.1) is 5.92 Å². The molecule has 3 rings (SSSR count). The summed E-state index contributed by atoms with van der Waals surface area (Å²) in [5.74, 6) is 0.369. The zero-order valence-corrected chi connectivity index (χ0v) is 18.3. The maximum absolute atomic E-state index is 12.9. The molecule has 1 saturated heterocycles. The molecule has 6 heteroatoms. The van der Waals surface area contributed by atoms with E-state index in [1.54, 1.807) is 29.2 Å². The van der Waals surface area contributed by atoms with Crippen molar-refractivity contribution in [2.75, 3.05) is 25.0 Å². The van der Waals surface area contributed by atoms with Crippen molar-refractivity contribution in [3.8, 4) is 0 Å². The molecule has 6 nitrogen and oxygen atoms in total. The SMILES string of the molecule is CC(C)C(=O)Nc1ccc(C(=O)N2CCC[C@H](C(=O)NCC3CCCCC3)C2)cc1. The fraction of sp³-hybridized carbons (Fsp3) is 0.625. The van der Waals surface area contributed by atoms with Gasteiger partial charge < -0.3 is 15.5 Å². The lowest BCUT2D eigenvalue weighted by Gasteiger charge is -2.32. The van der Waals surface area contributed by atoms with E-state index < -0.39 is 0 Å². The summed E-state index contributed by atoms with van der Waals surface area (Å²) < 4.78 is 0. The van der Waals surface area contributed by atoms with Crippen molar-refractivity contribution in [3.05, 3.63) is 29.8 Å². The van der Waals surface area contributed by atoms with Gasteiger partial charge in [0.15, 0.2) is 0 Å². The number of nitrogens with zero attached hydrogens (tertiary/aromatic N) is 1. The molecule has 0 radical (unpaired) electrons. The van der Waals surface area contributed by atoms with Gasteiger partial charge in [-0.15, -0.1) is 0 Å². The summed E-state index contributed by atoms with van der Waals surface area (Å²) in [6, 6.07) is 6.99. The Kier molecular flexibility index (Phi) is 7.88. The van der Waals surface area contributed by atoms with Gasteiger partial charge in [0.2, 0.25) is 11.8 Å². The Labute approximate surface area is 179 Å². The number of carbonyl (C=O) groups excluding carboxylic acids is 3. The summed E-state index contributed by atoms with van der Waals surface area (Å²) in [4.78, 5) is 39.2. The van der Waals surface area contributed by atoms with E-state index in [1.165, 1.54) is 32.1 Å². The molecule has 1 aromatic rings. The van der Waals surface area contributed by atoms with Crippen LogP contribution in [0.2, 0.25) is 0 Å². The first kappa shape index (κ1) is 22.3. The minimum Gasteiger partial charge on any atom is -0.356 e. The third-order valence-corrected chi connectivity index (χ3v) is 6.29. The van der Waals surface area contributed by atoms with Crippen molar-refractivity contribution < 1.29 is 14.4 Å². The summed E-state index contributed by atoms with van der Waals surface area (Å²) in [6.45, 7) is 5.60. The molecule has 2 N–H and O–H groups in total. The van der Waals surface area contributed by atoms with Gasteiger partial charge in [-0.1, -0.05) is 33.1 Å². The van der Waals surface area contributed by atoms with E-state index >= 15 is 0 Å². The van der Waals surface area contributed by atoms with Crippen LogP contribution in [0.3, 0.4) is 0 Å². The third kappa shape index (κ3) is 6.07. The molecule has 0 bridgehead atoms. The summed E-state index contributed by atoms with van der Waals surface area (Å²) in [7, 11) is 0. The number of nitrogens with one attached hydrogen (secondary N) is 2. The monoisotopic (exact) mass is 413 g/mol. The lowest BCUT2D eigenvalue weighted by atomic mass is 9.89. The average molecular weight is 414 g/mol. The molecule has 0 aromatic heterocycles. The van der Waals surface area contributed by atoms with E-state index in [1.807, 2.05) is 13.8 Å². The Morgan fingerprint density at radius 2 is 1.70 bits per heavy atom. The summed E-state index contributed by atoms with van der Waals surface area (Å²) in [5, 5.41) is 5.97. The van der Waals surface area contributed by atoms with Crippen LogP contribution in [0.4, 0.5) is 5.69 Å². The van der Waals surface area contributed by atoms with Crippen molar-refractivity contribution in [1.82, 2.24) is 10.2 Å². The number of amides is 3. The van der Waals surface area contributed by atoms with Gasteiger partial charge in [0.25, 0.3) is 5.91 Å².